The van der Waals surface area contributed by atoms with Crippen molar-refractivity contribution in [1.29, 1.82) is 0 Å². The van der Waals surface area contributed by atoms with Crippen LogP contribution in [0.3, 0.4) is 0 Å². The summed E-state index contributed by atoms with van der Waals surface area (Å²) in [6.45, 7) is 4.70. The fourth-order valence-corrected chi connectivity index (χ4v) is 2.87. The van der Waals surface area contributed by atoms with E-state index in [4.69, 9.17) is 0 Å². The first-order chi connectivity index (χ1) is 8.31. The van der Waals surface area contributed by atoms with Crippen molar-refractivity contribution in [3.8, 4) is 0 Å². The molecule has 0 fully saturated rings. The topological polar surface area (TPSA) is 12.0 Å². The summed E-state index contributed by atoms with van der Waals surface area (Å²) >= 11 is 1.88. The Morgan fingerprint density at radius 1 is 1.53 bits per heavy atom. The molecule has 0 saturated carbocycles. The molecule has 0 heterocycles. The summed E-state index contributed by atoms with van der Waals surface area (Å²) in [5, 5.41) is 3.54. The van der Waals surface area contributed by atoms with Gasteiger partial charge in [0, 0.05) is 24.1 Å². The molecule has 0 radical (unpaired) electrons. The number of hydrogen-bond acceptors (Lipinski definition) is 2. The van der Waals surface area contributed by atoms with Crippen molar-refractivity contribution in [3.63, 3.8) is 0 Å². The largest absolute Gasteiger partial charge is 0.309 e. The van der Waals surface area contributed by atoms with Crippen LogP contribution >= 0.6 is 11.8 Å². The highest BCUT2D eigenvalue weighted by Crippen LogP contribution is 2.31. The molecular weight excluding hydrogens is 233 g/mol. The molecule has 0 bridgehead atoms. The van der Waals surface area contributed by atoms with Crippen molar-refractivity contribution in [2.75, 3.05) is 18.1 Å². The van der Waals surface area contributed by atoms with Crippen molar-refractivity contribution < 1.29 is 4.39 Å². The van der Waals surface area contributed by atoms with E-state index in [1.165, 1.54) is 11.1 Å². The summed E-state index contributed by atoms with van der Waals surface area (Å²) in [4.78, 5) is 0. The predicted octanol–water partition coefficient (Wildman–Crippen LogP) is 3.32. The minimum absolute atomic E-state index is 0.120. The highest BCUT2D eigenvalue weighted by Gasteiger charge is 2.21. The molecule has 92 valence electrons. The lowest BCUT2D eigenvalue weighted by molar-refractivity contribution is 0.551. The van der Waals surface area contributed by atoms with E-state index in [-0.39, 0.29) is 5.82 Å². The van der Waals surface area contributed by atoms with Gasteiger partial charge in [-0.15, -0.1) is 6.58 Å². The van der Waals surface area contributed by atoms with Gasteiger partial charge in [-0.25, -0.2) is 4.39 Å². The molecule has 1 unspecified atom stereocenters. The van der Waals surface area contributed by atoms with Gasteiger partial charge in [0.1, 0.15) is 5.82 Å². The predicted molar refractivity (Wildman–Crippen MR) is 73.0 cm³/mol. The van der Waals surface area contributed by atoms with Crippen molar-refractivity contribution in [3.05, 3.63) is 47.8 Å². The Morgan fingerprint density at radius 2 is 2.41 bits per heavy atom. The van der Waals surface area contributed by atoms with E-state index in [0.717, 1.165) is 30.9 Å². The molecule has 0 spiro atoms. The zero-order chi connectivity index (χ0) is 12.1. The summed E-state index contributed by atoms with van der Waals surface area (Å²) in [5.41, 5.74) is 2.45. The van der Waals surface area contributed by atoms with Crippen LogP contribution in [0.1, 0.15) is 23.6 Å². The van der Waals surface area contributed by atoms with Gasteiger partial charge >= 0.3 is 0 Å². The normalized spacial score (nSPS) is 18.1. The minimum atomic E-state index is -0.120. The van der Waals surface area contributed by atoms with E-state index in [9.17, 15) is 4.39 Å². The van der Waals surface area contributed by atoms with Crippen LogP contribution in [0.15, 0.2) is 30.9 Å². The Kier molecular flexibility index (Phi) is 4.63. The van der Waals surface area contributed by atoms with Gasteiger partial charge in [0.25, 0.3) is 0 Å². The fourth-order valence-electron chi connectivity index (χ4n) is 2.27. The highest BCUT2D eigenvalue weighted by molar-refractivity contribution is 7.99. The summed E-state index contributed by atoms with van der Waals surface area (Å²) in [6, 6.07) is 5.57. The first kappa shape index (κ1) is 12.7. The molecule has 1 N–H and O–H groups in total. The standard InChI is InChI=1S/C14H18FNS/c1-2-8-17-9-7-16-14-6-3-11-10-12(15)4-5-13(11)14/h2,4-5,10,14,16H,1,3,6-9H2. The summed E-state index contributed by atoms with van der Waals surface area (Å²) in [7, 11) is 0. The van der Waals surface area contributed by atoms with E-state index in [2.05, 4.69) is 11.9 Å². The van der Waals surface area contributed by atoms with Crippen LogP contribution in [0.25, 0.3) is 0 Å². The number of benzene rings is 1. The molecule has 1 aromatic rings. The maximum Gasteiger partial charge on any atom is 0.123 e. The molecule has 2 rings (SSSR count). The molecule has 1 aliphatic carbocycles. The van der Waals surface area contributed by atoms with Crippen molar-refractivity contribution >= 4 is 11.8 Å². The van der Waals surface area contributed by atoms with Crippen LogP contribution in [0, 0.1) is 5.82 Å². The number of halogens is 1. The van der Waals surface area contributed by atoms with Crippen molar-refractivity contribution in [2.24, 2.45) is 0 Å². The van der Waals surface area contributed by atoms with Gasteiger partial charge in [-0.05, 0) is 36.1 Å². The average Bonchev–Trinajstić information content (AvgIpc) is 2.71. The quantitative estimate of drug-likeness (QED) is 0.615. The first-order valence-corrected chi connectivity index (χ1v) is 7.17. The molecular formula is C14H18FNS. The molecule has 0 aliphatic heterocycles. The molecule has 17 heavy (non-hydrogen) atoms. The lowest BCUT2D eigenvalue weighted by atomic mass is 10.1. The van der Waals surface area contributed by atoms with Gasteiger partial charge in [0.2, 0.25) is 0 Å². The van der Waals surface area contributed by atoms with Crippen LogP contribution < -0.4 is 5.32 Å². The lowest BCUT2D eigenvalue weighted by Gasteiger charge is -2.13. The molecule has 0 amide bonds. The van der Waals surface area contributed by atoms with Crippen molar-refractivity contribution in [1.82, 2.24) is 5.32 Å². The van der Waals surface area contributed by atoms with Gasteiger partial charge < -0.3 is 5.32 Å². The number of aryl methyl sites for hydroxylation is 1. The number of nitrogens with one attached hydrogen (secondary N) is 1. The lowest BCUT2D eigenvalue weighted by Crippen LogP contribution is -2.21. The monoisotopic (exact) mass is 251 g/mol. The van der Waals surface area contributed by atoms with E-state index < -0.39 is 0 Å². The Labute approximate surface area is 106 Å². The SMILES string of the molecule is C=CCSCCNC1CCc2cc(F)ccc21. The van der Waals surface area contributed by atoms with E-state index >= 15 is 0 Å². The zero-order valence-corrected chi connectivity index (χ0v) is 10.7. The van der Waals surface area contributed by atoms with E-state index in [1.54, 1.807) is 12.1 Å². The third kappa shape index (κ3) is 3.33. The molecule has 0 aromatic heterocycles. The van der Waals surface area contributed by atoms with Gasteiger partial charge in [-0.1, -0.05) is 12.1 Å². The second kappa shape index (κ2) is 6.22. The summed E-state index contributed by atoms with van der Waals surface area (Å²) in [6.07, 6.45) is 4.01. The molecule has 1 nitrogen and oxygen atoms in total. The fraction of sp³-hybridized carbons (Fsp3) is 0.429. The molecule has 1 aromatic carbocycles. The number of fused-ring (bicyclic) bond motifs is 1. The van der Waals surface area contributed by atoms with Crippen molar-refractivity contribution in [2.45, 2.75) is 18.9 Å². The average molecular weight is 251 g/mol. The Morgan fingerprint density at radius 3 is 3.24 bits per heavy atom. The van der Waals surface area contributed by atoms with Gasteiger partial charge in [0.05, 0.1) is 0 Å². The third-order valence-corrected chi connectivity index (χ3v) is 4.02. The van der Waals surface area contributed by atoms with Crippen LogP contribution in [-0.2, 0) is 6.42 Å². The van der Waals surface area contributed by atoms with Crippen LogP contribution in [0.4, 0.5) is 4.39 Å². The first-order valence-electron chi connectivity index (χ1n) is 6.01. The summed E-state index contributed by atoms with van der Waals surface area (Å²) in [5.74, 6) is 1.98. The van der Waals surface area contributed by atoms with Crippen LogP contribution in [0.2, 0.25) is 0 Å². The number of hydrogen-bond donors (Lipinski definition) is 1. The van der Waals surface area contributed by atoms with Crippen LogP contribution in [0.5, 0.6) is 0 Å². The van der Waals surface area contributed by atoms with Gasteiger partial charge in [-0.3, -0.25) is 0 Å². The Hall–Kier alpha value is -0.800. The summed E-state index contributed by atoms with van der Waals surface area (Å²) < 4.78 is 13.0. The Balaban J connectivity index is 1.83. The molecule has 3 heteroatoms. The second-order valence-electron chi connectivity index (χ2n) is 4.25. The Bertz CT molecular complexity index is 392. The third-order valence-electron chi connectivity index (χ3n) is 3.06. The highest BCUT2D eigenvalue weighted by atomic mass is 32.2. The molecule has 0 saturated heterocycles. The smallest absolute Gasteiger partial charge is 0.123 e. The number of thioether (sulfide) groups is 1. The van der Waals surface area contributed by atoms with Gasteiger partial charge in [-0.2, -0.15) is 11.8 Å². The maximum absolute atomic E-state index is 13.0. The number of rotatable bonds is 6. The zero-order valence-electron chi connectivity index (χ0n) is 9.92. The maximum atomic E-state index is 13.0. The molecule has 1 aliphatic rings. The second-order valence-corrected chi connectivity index (χ2v) is 5.40. The van der Waals surface area contributed by atoms with Gasteiger partial charge in [0.15, 0.2) is 0 Å². The van der Waals surface area contributed by atoms with E-state index in [0.29, 0.717) is 6.04 Å². The minimum Gasteiger partial charge on any atom is -0.309 e. The van der Waals surface area contributed by atoms with E-state index in [1.807, 2.05) is 23.9 Å². The molecule has 1 atom stereocenters. The van der Waals surface area contributed by atoms with Crippen LogP contribution in [-0.4, -0.2) is 18.1 Å².